The Morgan fingerprint density at radius 2 is 0.734 bits per heavy atom. The number of rotatable bonds is 9. The molecule has 0 saturated carbocycles. The number of nitrogens with zero attached hydrogens (tertiary/aromatic N) is 3. The molecule has 5 heterocycles. The second kappa shape index (κ2) is 25.4. The molecule has 20 rings (SSSR count). The van der Waals surface area contributed by atoms with E-state index < -0.39 is 117 Å². The zero-order valence-electron chi connectivity index (χ0n) is 79.6. The average molecular weight is 1480 g/mol. The van der Waals surface area contributed by atoms with Crippen molar-refractivity contribution in [1.82, 2.24) is 4.57 Å². The van der Waals surface area contributed by atoms with Crippen molar-refractivity contribution < 1.29 is 29.4 Å². The van der Waals surface area contributed by atoms with E-state index >= 15 is 0 Å². The first-order valence-electron chi connectivity index (χ1n) is 46.0. The standard InChI is InChI=1S/C102H81B2N3OSe/c1-100(2,3)72-56-78(66-36-20-12-21-37-66)97(79(57-72)67-38-22-13-23-39-67)106-87-62-75(105-85-46-30-28-44-76(85)77-45-29-31-47-86(77)105)50-53-82(87)104-94-88(106)60-74(102(7,8)9)61-89(94)107(98-80(68-40-24-14-25-41-68)58-73(101(4,5)6)59-81(98)69-42-26-15-27-43-69)90-63-92-96-99(95(90)104)109-93-55-71(65-34-18-11-19-35-65)49-52-84(93)103(96)83-51-48-70(54-91(83)108-92)64-32-16-10-17-33-64/h10-63H,1-9H3/i28D,29D,30D,31D,44D,45D,46D,47D,48D,49D,50D,51D,52D,53D,54D,55D,62D,63D. The van der Waals surface area contributed by atoms with Gasteiger partial charge in [0.05, 0.1) is 2.74 Å². The van der Waals surface area contributed by atoms with Gasteiger partial charge in [-0.25, -0.2) is 0 Å². The molecule has 0 bridgehead atoms. The molecule has 0 amide bonds. The van der Waals surface area contributed by atoms with Crippen LogP contribution < -0.4 is 56.2 Å². The van der Waals surface area contributed by atoms with Gasteiger partial charge in [-0.3, -0.25) is 0 Å². The van der Waals surface area contributed by atoms with Gasteiger partial charge >= 0.3 is 673 Å². The van der Waals surface area contributed by atoms with Crippen molar-refractivity contribution in [3.63, 3.8) is 0 Å². The Morgan fingerprint density at radius 3 is 1.19 bits per heavy atom. The van der Waals surface area contributed by atoms with Gasteiger partial charge in [0.15, 0.2) is 0 Å². The predicted molar refractivity (Wildman–Crippen MR) is 466 cm³/mol. The summed E-state index contributed by atoms with van der Waals surface area (Å²) in [5.41, 5.74) is 10.1. The Kier molecular flexibility index (Phi) is 11.6. The molecule has 0 fully saturated rings. The van der Waals surface area contributed by atoms with E-state index in [4.69, 9.17) is 4.74 Å². The van der Waals surface area contributed by atoms with E-state index in [2.05, 4.69) is 128 Å². The molecule has 15 aromatic carbocycles. The van der Waals surface area contributed by atoms with Crippen LogP contribution in [0.2, 0.25) is 0 Å². The van der Waals surface area contributed by atoms with Gasteiger partial charge in [-0.1, -0.05) is 0 Å². The van der Waals surface area contributed by atoms with Gasteiger partial charge in [-0.05, 0) is 0 Å². The summed E-state index contributed by atoms with van der Waals surface area (Å²) >= 11 is -1.28. The maximum atomic E-state index is 12.1. The third-order valence-electron chi connectivity index (χ3n) is 21.8. The summed E-state index contributed by atoms with van der Waals surface area (Å²) in [7, 11) is 0. The van der Waals surface area contributed by atoms with Crippen molar-refractivity contribution in [1.29, 1.82) is 0 Å². The summed E-state index contributed by atoms with van der Waals surface area (Å²) < 4.78 is 197. The number of hydrogen-bond donors (Lipinski definition) is 0. The van der Waals surface area contributed by atoms with Gasteiger partial charge in [0.25, 0.3) is 0 Å². The fraction of sp³-hybridized carbons (Fsp3) is 0.118. The van der Waals surface area contributed by atoms with Crippen LogP contribution in [0.25, 0.3) is 94.3 Å². The quantitative estimate of drug-likeness (QED) is 0.134. The van der Waals surface area contributed by atoms with Crippen LogP contribution in [0.5, 0.6) is 11.5 Å². The molecule has 4 aliphatic heterocycles. The van der Waals surface area contributed by atoms with Crippen LogP contribution in [0.15, 0.2) is 327 Å². The Balaban J connectivity index is 1.07. The third kappa shape index (κ3) is 10.9. The van der Waals surface area contributed by atoms with Gasteiger partial charge in [-0.15, -0.1) is 0 Å². The average Bonchev–Trinajstić information content (AvgIpc) is 0.759. The Bertz CT molecular complexity index is 7270. The molecule has 0 atom stereocenters. The summed E-state index contributed by atoms with van der Waals surface area (Å²) in [6.45, 7) is 16.4. The van der Waals surface area contributed by atoms with E-state index in [0.717, 1.165) is 50.1 Å². The number of para-hydroxylation sites is 2. The Hall–Kier alpha value is -11.9. The zero-order chi connectivity index (χ0) is 89.4. The molecule has 7 heteroatoms. The summed E-state index contributed by atoms with van der Waals surface area (Å²) in [6.07, 6.45) is 0. The first kappa shape index (κ1) is 49.9. The van der Waals surface area contributed by atoms with Crippen LogP contribution in [0.1, 0.15) is 104 Å². The maximum absolute atomic E-state index is 12.1. The number of benzene rings is 15. The molecule has 0 aliphatic carbocycles. The fourth-order valence-electron chi connectivity index (χ4n) is 16.4. The minimum absolute atomic E-state index is 0.00371. The van der Waals surface area contributed by atoms with Crippen molar-refractivity contribution in [2.75, 3.05) is 9.80 Å². The van der Waals surface area contributed by atoms with Gasteiger partial charge in [0.2, 0.25) is 0 Å². The molecule has 4 nitrogen and oxygen atoms in total. The van der Waals surface area contributed by atoms with Crippen LogP contribution in [0, 0.1) is 0 Å². The number of aromatic nitrogens is 1. The Morgan fingerprint density at radius 1 is 0.330 bits per heavy atom. The summed E-state index contributed by atoms with van der Waals surface area (Å²) in [5.74, 6) is -0.229. The molecular formula is C102H81B2N3OSe. The van der Waals surface area contributed by atoms with Gasteiger partial charge in [-0.2, -0.15) is 0 Å². The molecule has 4 aliphatic rings. The van der Waals surface area contributed by atoms with Gasteiger partial charge < -0.3 is 0 Å². The number of anilines is 6. The summed E-state index contributed by atoms with van der Waals surface area (Å²) in [5, 5.41) is -0.607. The van der Waals surface area contributed by atoms with Crippen molar-refractivity contribution in [3.8, 4) is 83.9 Å². The van der Waals surface area contributed by atoms with E-state index in [-0.39, 0.29) is 120 Å². The molecule has 0 unspecified atom stereocenters. The van der Waals surface area contributed by atoms with E-state index in [9.17, 15) is 24.7 Å². The molecule has 0 radical (unpaired) electrons. The molecule has 0 spiro atoms. The molecule has 0 saturated heterocycles. The van der Waals surface area contributed by atoms with Crippen molar-refractivity contribution in [2.24, 2.45) is 0 Å². The zero-order valence-corrected chi connectivity index (χ0v) is 63.3. The molecule has 16 aromatic rings. The van der Waals surface area contributed by atoms with Crippen molar-refractivity contribution in [2.45, 2.75) is 78.6 Å². The number of fused-ring (bicyclic) bond motifs is 12. The van der Waals surface area contributed by atoms with Crippen LogP contribution in [-0.4, -0.2) is 32.9 Å². The van der Waals surface area contributed by atoms with E-state index in [1.807, 2.05) is 114 Å². The number of ether oxygens (including phenoxy) is 1. The minimum atomic E-state index is -1.42. The van der Waals surface area contributed by atoms with E-state index in [1.54, 1.807) is 48.5 Å². The molecule has 522 valence electrons. The summed E-state index contributed by atoms with van der Waals surface area (Å²) in [4.78, 5) is 4.19. The van der Waals surface area contributed by atoms with Crippen molar-refractivity contribution in [3.05, 3.63) is 344 Å². The van der Waals surface area contributed by atoms with Crippen LogP contribution in [0.3, 0.4) is 0 Å². The van der Waals surface area contributed by atoms with Crippen LogP contribution >= 0.6 is 0 Å². The second-order valence-corrected chi connectivity index (χ2v) is 33.8. The van der Waals surface area contributed by atoms with E-state index in [1.165, 1.54) is 4.57 Å². The van der Waals surface area contributed by atoms with Crippen LogP contribution in [-0.2, 0) is 16.2 Å². The topological polar surface area (TPSA) is 20.6 Å². The second-order valence-electron chi connectivity index (χ2n) is 31.7. The first-order valence-corrected chi connectivity index (χ1v) is 38.7. The first-order chi connectivity index (χ1) is 60.5. The summed E-state index contributed by atoms with van der Waals surface area (Å²) in [6, 6.07) is 61.7. The molecule has 0 N–H and O–H groups in total. The van der Waals surface area contributed by atoms with Gasteiger partial charge in [0.1, 0.15) is 0 Å². The monoisotopic (exact) mass is 1480 g/mol. The van der Waals surface area contributed by atoms with Crippen molar-refractivity contribution >= 4 is 126 Å². The van der Waals surface area contributed by atoms with Crippen LogP contribution in [0.4, 0.5) is 34.1 Å². The SMILES string of the molecule is [2H]c1c([2H])c(-c2ccccc2)c([2H])c2c1B1c3c([2H])c([2H])c(-c4ccccc4)c([2H])c3[Se]c3c1c(c([2H])c1c3B3c4c(cc(C(C)(C)C)cc4N1c1c(-c4ccccc4)cc(C(C)(C)C)cc1-c1ccccc1)N(c1c(-c4ccccc4)cc(C(C)(C)C)cc1-c1ccccc1)c1c([2H])c(-n4c5c([2H])c([2H])c([2H])c([2H])c5c5c([2H])c([2H])c([2H])c([2H])c54)c([2H])c([2H])c13)O2. The normalized spacial score (nSPS) is 15.6. The fourth-order valence-corrected chi connectivity index (χ4v) is 19.0. The van der Waals surface area contributed by atoms with E-state index in [0.29, 0.717) is 64.9 Å². The van der Waals surface area contributed by atoms with Gasteiger partial charge in [0, 0.05) is 0 Å². The number of hydrogen-bond acceptors (Lipinski definition) is 3. The predicted octanol–water partition coefficient (Wildman–Crippen LogP) is 21.4. The molecule has 109 heavy (non-hydrogen) atoms. The molecule has 1 aromatic heterocycles. The Labute approximate surface area is 672 Å². The molecular weight excluding hydrogens is 1380 g/mol. The third-order valence-corrected chi connectivity index (χ3v) is 24.3.